The molecule has 1 aromatic heterocycles. The van der Waals surface area contributed by atoms with E-state index in [1.165, 1.54) is 54.4 Å². The highest BCUT2D eigenvalue weighted by molar-refractivity contribution is 5.80. The fraction of sp³-hybridized carbons (Fsp3) is 0.375. The number of nitrogens with zero attached hydrogens (tertiary/aromatic N) is 2. The number of methoxy groups -OCH3 is 1. The second-order valence-electron chi connectivity index (χ2n) is 10.5. The SMILES string of the molecule is COc1cc(CC2CCCC(C)CC2)ccc1Nc1ncc2c(n1)C=CC(c1ccc(C)cc1)=CC2. The Labute approximate surface area is 215 Å². The Morgan fingerprint density at radius 3 is 2.69 bits per heavy atom. The minimum Gasteiger partial charge on any atom is -0.495 e. The molecular formula is C32H37N3O. The van der Waals surface area contributed by atoms with Crippen molar-refractivity contribution >= 4 is 23.3 Å². The largest absolute Gasteiger partial charge is 0.495 e. The van der Waals surface area contributed by atoms with Gasteiger partial charge in [0.15, 0.2) is 0 Å². The van der Waals surface area contributed by atoms with Gasteiger partial charge in [-0.2, -0.15) is 0 Å². The lowest BCUT2D eigenvalue weighted by Gasteiger charge is -2.16. The third-order valence-corrected chi connectivity index (χ3v) is 7.66. The van der Waals surface area contributed by atoms with Crippen LogP contribution in [0.1, 0.15) is 67.0 Å². The van der Waals surface area contributed by atoms with E-state index in [-0.39, 0.29) is 0 Å². The Balaban J connectivity index is 1.29. The van der Waals surface area contributed by atoms with Crippen molar-refractivity contribution in [1.82, 2.24) is 9.97 Å². The minimum absolute atomic E-state index is 0.584. The highest BCUT2D eigenvalue weighted by atomic mass is 16.5. The predicted molar refractivity (Wildman–Crippen MR) is 150 cm³/mol. The van der Waals surface area contributed by atoms with Crippen molar-refractivity contribution in [3.05, 3.63) is 88.8 Å². The molecule has 1 N–H and O–H groups in total. The third-order valence-electron chi connectivity index (χ3n) is 7.66. The van der Waals surface area contributed by atoms with Gasteiger partial charge in [-0.25, -0.2) is 9.97 Å². The molecule has 3 aromatic rings. The maximum absolute atomic E-state index is 5.75. The lowest BCUT2D eigenvalue weighted by Crippen LogP contribution is -2.05. The average Bonchev–Trinajstić information content (AvgIpc) is 3.23. The zero-order valence-corrected chi connectivity index (χ0v) is 21.8. The molecule has 0 spiro atoms. The first-order valence-corrected chi connectivity index (χ1v) is 13.3. The Bertz CT molecular complexity index is 1260. The Morgan fingerprint density at radius 1 is 1.00 bits per heavy atom. The van der Waals surface area contributed by atoms with Crippen LogP contribution in [0.25, 0.3) is 11.6 Å². The summed E-state index contributed by atoms with van der Waals surface area (Å²) < 4.78 is 5.75. The summed E-state index contributed by atoms with van der Waals surface area (Å²) in [6, 6.07) is 15.2. The Hall–Kier alpha value is -3.40. The summed E-state index contributed by atoms with van der Waals surface area (Å²) in [5, 5.41) is 3.39. The summed E-state index contributed by atoms with van der Waals surface area (Å²) in [5.74, 6) is 3.07. The first kappa shape index (κ1) is 24.3. The minimum atomic E-state index is 0.584. The van der Waals surface area contributed by atoms with E-state index in [4.69, 9.17) is 9.72 Å². The van der Waals surface area contributed by atoms with E-state index in [0.29, 0.717) is 5.95 Å². The molecule has 1 fully saturated rings. The number of rotatable bonds is 6. The molecule has 0 amide bonds. The monoisotopic (exact) mass is 479 g/mol. The van der Waals surface area contributed by atoms with Gasteiger partial charge in [-0.15, -0.1) is 0 Å². The van der Waals surface area contributed by atoms with Crippen molar-refractivity contribution in [3.63, 3.8) is 0 Å². The second kappa shape index (κ2) is 11.1. The first-order valence-electron chi connectivity index (χ1n) is 13.3. The lowest BCUT2D eigenvalue weighted by molar-refractivity contribution is 0.413. The average molecular weight is 480 g/mol. The zero-order valence-electron chi connectivity index (χ0n) is 21.8. The van der Waals surface area contributed by atoms with Crippen molar-refractivity contribution in [3.8, 4) is 5.75 Å². The van der Waals surface area contributed by atoms with Crippen LogP contribution in [0.5, 0.6) is 5.75 Å². The molecule has 0 radical (unpaired) electrons. The summed E-state index contributed by atoms with van der Waals surface area (Å²) in [6.45, 7) is 4.51. The molecule has 1 saturated carbocycles. The van der Waals surface area contributed by atoms with Gasteiger partial charge in [0.1, 0.15) is 5.75 Å². The smallest absolute Gasteiger partial charge is 0.227 e. The molecule has 5 rings (SSSR count). The summed E-state index contributed by atoms with van der Waals surface area (Å²) in [7, 11) is 1.73. The van der Waals surface area contributed by atoms with Gasteiger partial charge in [0.05, 0.1) is 18.5 Å². The highest BCUT2D eigenvalue weighted by Crippen LogP contribution is 2.33. The Morgan fingerprint density at radius 2 is 1.86 bits per heavy atom. The Kier molecular flexibility index (Phi) is 7.50. The number of benzene rings is 2. The number of hydrogen-bond acceptors (Lipinski definition) is 4. The van der Waals surface area contributed by atoms with Gasteiger partial charge in [0.25, 0.3) is 0 Å². The lowest BCUT2D eigenvalue weighted by atomic mass is 9.92. The van der Waals surface area contributed by atoms with Crippen LogP contribution in [0, 0.1) is 18.8 Å². The van der Waals surface area contributed by atoms with Gasteiger partial charge in [0, 0.05) is 11.8 Å². The molecule has 0 saturated heterocycles. The van der Waals surface area contributed by atoms with E-state index in [9.17, 15) is 0 Å². The van der Waals surface area contributed by atoms with Crippen molar-refractivity contribution in [2.24, 2.45) is 11.8 Å². The van der Waals surface area contributed by atoms with Crippen molar-refractivity contribution < 1.29 is 4.74 Å². The van der Waals surface area contributed by atoms with Gasteiger partial charge in [-0.3, -0.25) is 0 Å². The van der Waals surface area contributed by atoms with E-state index in [1.54, 1.807) is 7.11 Å². The van der Waals surface area contributed by atoms with Gasteiger partial charge in [-0.1, -0.05) is 80.7 Å². The van der Waals surface area contributed by atoms with Crippen LogP contribution in [0.15, 0.2) is 60.8 Å². The van der Waals surface area contributed by atoms with E-state index in [1.807, 2.05) is 6.20 Å². The van der Waals surface area contributed by atoms with Crippen LogP contribution in [-0.4, -0.2) is 17.1 Å². The topological polar surface area (TPSA) is 47.0 Å². The van der Waals surface area contributed by atoms with E-state index in [2.05, 4.69) is 84.8 Å². The molecule has 2 aliphatic rings. The summed E-state index contributed by atoms with van der Waals surface area (Å²) in [6.07, 6.45) is 17.1. The summed E-state index contributed by atoms with van der Waals surface area (Å²) >= 11 is 0. The molecule has 36 heavy (non-hydrogen) atoms. The van der Waals surface area contributed by atoms with Crippen LogP contribution >= 0.6 is 0 Å². The molecule has 2 atom stereocenters. The van der Waals surface area contributed by atoms with Gasteiger partial charge < -0.3 is 10.1 Å². The van der Waals surface area contributed by atoms with Crippen LogP contribution in [0.4, 0.5) is 11.6 Å². The first-order chi connectivity index (χ1) is 17.6. The molecule has 2 unspecified atom stereocenters. The van der Waals surface area contributed by atoms with Crippen LogP contribution in [0.3, 0.4) is 0 Å². The standard InChI is InChI=1S/C32H37N3O/c1-22-5-4-6-24(10-7-22)19-25-11-17-30(31(20-25)36-3)35-32-33-21-28-15-14-27(16-18-29(28)34-32)26-12-8-23(2)9-13-26/h8-9,11-14,16-18,20-22,24H,4-7,10,15,19H2,1-3H3,(H,33,34,35). The highest BCUT2D eigenvalue weighted by Gasteiger charge is 2.18. The number of hydrogen-bond donors (Lipinski definition) is 1. The van der Waals surface area contributed by atoms with E-state index < -0.39 is 0 Å². The molecule has 186 valence electrons. The molecule has 2 aromatic carbocycles. The normalized spacial score (nSPS) is 19.6. The second-order valence-corrected chi connectivity index (χ2v) is 10.5. The van der Waals surface area contributed by atoms with Crippen LogP contribution in [-0.2, 0) is 12.8 Å². The molecule has 4 heteroatoms. The number of nitrogens with one attached hydrogen (secondary N) is 1. The van der Waals surface area contributed by atoms with Crippen LogP contribution < -0.4 is 10.1 Å². The number of ether oxygens (including phenoxy) is 1. The summed E-state index contributed by atoms with van der Waals surface area (Å²) in [5.41, 5.74) is 8.01. The van der Waals surface area contributed by atoms with E-state index in [0.717, 1.165) is 47.4 Å². The summed E-state index contributed by atoms with van der Waals surface area (Å²) in [4.78, 5) is 9.43. The van der Waals surface area contributed by atoms with Crippen molar-refractivity contribution in [2.75, 3.05) is 12.4 Å². The number of allylic oxidation sites excluding steroid dienone is 3. The third kappa shape index (κ3) is 5.87. The molecule has 0 aliphatic heterocycles. The molecule has 2 aliphatic carbocycles. The van der Waals surface area contributed by atoms with Gasteiger partial charge in [-0.05, 0) is 72.9 Å². The van der Waals surface area contributed by atoms with Gasteiger partial charge in [0.2, 0.25) is 5.95 Å². The maximum Gasteiger partial charge on any atom is 0.227 e. The van der Waals surface area contributed by atoms with E-state index >= 15 is 0 Å². The van der Waals surface area contributed by atoms with Crippen LogP contribution in [0.2, 0.25) is 0 Å². The van der Waals surface area contributed by atoms with Crippen molar-refractivity contribution in [2.45, 2.75) is 58.8 Å². The number of anilines is 2. The zero-order chi connectivity index (χ0) is 24.9. The van der Waals surface area contributed by atoms with Crippen molar-refractivity contribution in [1.29, 1.82) is 0 Å². The molecule has 0 bridgehead atoms. The molecular weight excluding hydrogens is 442 g/mol. The molecule has 4 nitrogen and oxygen atoms in total. The molecule has 1 heterocycles. The number of aromatic nitrogens is 2. The predicted octanol–water partition coefficient (Wildman–Crippen LogP) is 7.95. The maximum atomic E-state index is 5.75. The quantitative estimate of drug-likeness (QED) is 0.364. The fourth-order valence-corrected chi connectivity index (χ4v) is 5.39. The number of aryl methyl sites for hydroxylation is 1. The number of fused-ring (bicyclic) bond motifs is 1. The van der Waals surface area contributed by atoms with Gasteiger partial charge >= 0.3 is 0 Å². The fourth-order valence-electron chi connectivity index (χ4n) is 5.39.